The van der Waals surface area contributed by atoms with E-state index in [4.69, 9.17) is 0 Å². The summed E-state index contributed by atoms with van der Waals surface area (Å²) >= 11 is 0. The van der Waals surface area contributed by atoms with Crippen molar-refractivity contribution in [3.05, 3.63) is 0 Å². The molecule has 4 heavy (non-hydrogen) atoms. The van der Waals surface area contributed by atoms with Crippen molar-refractivity contribution in [1.82, 2.24) is 0 Å². The average Bonchev–Trinajstić information content (AvgIpc) is 0. The van der Waals surface area contributed by atoms with E-state index >= 15 is 0 Å². The van der Waals surface area contributed by atoms with Crippen molar-refractivity contribution in [2.75, 3.05) is 0 Å². The molecule has 2 radical (unpaired) electrons. The topological polar surface area (TPSA) is 0 Å². The molecule has 0 spiro atoms. The SMILES string of the molecule is [Co].[Co].[Cr].[Mo]. The van der Waals surface area contributed by atoms with Gasteiger partial charge >= 0.3 is 0 Å². The first-order chi connectivity index (χ1) is 0. The zero-order chi connectivity index (χ0) is 0. The standard InChI is InChI=1S/2Co.Cr.Mo. The van der Waals surface area contributed by atoms with E-state index in [1.165, 1.54) is 0 Å². The van der Waals surface area contributed by atoms with Crippen LogP contribution in [0.15, 0.2) is 0 Å². The predicted octanol–water partition coefficient (Wildman–Crippen LogP) is -0.0100. The van der Waals surface area contributed by atoms with Crippen molar-refractivity contribution in [3.8, 4) is 0 Å². The van der Waals surface area contributed by atoms with Crippen molar-refractivity contribution in [3.63, 3.8) is 0 Å². The van der Waals surface area contributed by atoms with Crippen LogP contribution < -0.4 is 0 Å². The quantitative estimate of drug-likeness (QED) is 0.541. The fourth-order valence-electron chi connectivity index (χ4n) is 0. The van der Waals surface area contributed by atoms with Gasteiger partial charge in [-0.2, -0.15) is 0 Å². The van der Waals surface area contributed by atoms with Crippen LogP contribution in [0.3, 0.4) is 0 Å². The van der Waals surface area contributed by atoms with Gasteiger partial charge in [-0.1, -0.05) is 0 Å². The molecule has 0 aliphatic heterocycles. The van der Waals surface area contributed by atoms with E-state index in [1.807, 2.05) is 0 Å². The molecule has 0 aliphatic rings. The first kappa shape index (κ1) is 34.2. The van der Waals surface area contributed by atoms with Gasteiger partial charge in [0.05, 0.1) is 0 Å². The van der Waals surface area contributed by atoms with E-state index in [1.54, 1.807) is 0 Å². The molecular weight excluding hydrogens is 266 g/mol. The maximum Gasteiger partial charge on any atom is 0 e. The second kappa shape index (κ2) is 18.8. The van der Waals surface area contributed by atoms with E-state index in [-0.39, 0.29) is 72.0 Å². The molecule has 0 fully saturated rings. The summed E-state index contributed by atoms with van der Waals surface area (Å²) in [5.41, 5.74) is 0. The molecule has 0 saturated carbocycles. The van der Waals surface area contributed by atoms with Gasteiger partial charge in [0.1, 0.15) is 0 Å². The van der Waals surface area contributed by atoms with Gasteiger partial charge in [0, 0.05) is 72.0 Å². The summed E-state index contributed by atoms with van der Waals surface area (Å²) in [6.45, 7) is 0. The van der Waals surface area contributed by atoms with Crippen LogP contribution in [0, 0.1) is 0 Å². The summed E-state index contributed by atoms with van der Waals surface area (Å²) in [5.74, 6) is 0. The molecule has 0 saturated heterocycles. The van der Waals surface area contributed by atoms with Crippen LogP contribution in [0.25, 0.3) is 0 Å². The Balaban J connectivity index is 0. The fraction of sp³-hybridized carbons (Fsp3) is 0. The normalized spacial score (nSPS) is 0. The van der Waals surface area contributed by atoms with Crippen LogP contribution in [0.4, 0.5) is 0 Å². The molecule has 0 heterocycles. The van der Waals surface area contributed by atoms with Crippen LogP contribution in [0.5, 0.6) is 0 Å². The fourth-order valence-corrected chi connectivity index (χ4v) is 0. The van der Waals surface area contributed by atoms with Crippen LogP contribution in [-0.2, 0) is 72.0 Å². The van der Waals surface area contributed by atoms with Crippen molar-refractivity contribution < 1.29 is 72.0 Å². The molecule has 0 aliphatic carbocycles. The molecule has 0 N–H and O–H groups in total. The molecule has 0 rings (SSSR count). The van der Waals surface area contributed by atoms with Gasteiger partial charge in [0.25, 0.3) is 0 Å². The summed E-state index contributed by atoms with van der Waals surface area (Å²) < 4.78 is 0. The van der Waals surface area contributed by atoms with E-state index < -0.39 is 0 Å². The molecule has 0 atom stereocenters. The Morgan fingerprint density at radius 2 is 0.750 bits per heavy atom. The van der Waals surface area contributed by atoms with E-state index in [2.05, 4.69) is 0 Å². The van der Waals surface area contributed by atoms with Gasteiger partial charge < -0.3 is 0 Å². The van der Waals surface area contributed by atoms with Crippen molar-refractivity contribution >= 4 is 0 Å². The zero-order valence-corrected chi connectivity index (χ0v) is 6.85. The van der Waals surface area contributed by atoms with Crippen molar-refractivity contribution in [2.24, 2.45) is 0 Å². The second-order valence-electron chi connectivity index (χ2n) is 0. The summed E-state index contributed by atoms with van der Waals surface area (Å²) in [7, 11) is 0. The first-order valence-electron chi connectivity index (χ1n) is 0. The number of hydrogen-bond donors (Lipinski definition) is 0. The van der Waals surface area contributed by atoms with Gasteiger partial charge in [0.15, 0.2) is 0 Å². The van der Waals surface area contributed by atoms with Crippen LogP contribution in [0.2, 0.25) is 0 Å². The molecule has 0 bridgehead atoms. The maximum absolute atomic E-state index is 0. The molecule has 0 aromatic carbocycles. The maximum atomic E-state index is 0. The van der Waals surface area contributed by atoms with Gasteiger partial charge in [-0.3, -0.25) is 0 Å². The number of hydrogen-bond acceptors (Lipinski definition) is 0. The Labute approximate surface area is 71.3 Å². The van der Waals surface area contributed by atoms with E-state index in [9.17, 15) is 0 Å². The Kier molecular flexibility index (Phi) is 161. The Morgan fingerprint density at radius 1 is 0.750 bits per heavy atom. The Morgan fingerprint density at radius 3 is 0.750 bits per heavy atom. The number of rotatable bonds is 0. The van der Waals surface area contributed by atoms with Crippen LogP contribution >= 0.6 is 0 Å². The summed E-state index contributed by atoms with van der Waals surface area (Å²) in [6, 6.07) is 0. The molecule has 0 aromatic rings. The van der Waals surface area contributed by atoms with Crippen LogP contribution in [-0.4, -0.2) is 0 Å². The summed E-state index contributed by atoms with van der Waals surface area (Å²) in [4.78, 5) is 0. The van der Waals surface area contributed by atoms with Gasteiger partial charge in [-0.05, 0) is 0 Å². The van der Waals surface area contributed by atoms with E-state index in [0.29, 0.717) is 0 Å². The van der Waals surface area contributed by atoms with Gasteiger partial charge in [0.2, 0.25) is 0 Å². The Hall–Kier alpha value is 2.23. The average molecular weight is 266 g/mol. The van der Waals surface area contributed by atoms with Crippen molar-refractivity contribution in [2.45, 2.75) is 0 Å². The van der Waals surface area contributed by atoms with Crippen LogP contribution in [0.1, 0.15) is 0 Å². The molecule has 30 valence electrons. The molecule has 0 unspecified atom stereocenters. The largest absolute Gasteiger partial charge is 0 e. The minimum absolute atomic E-state index is 0. The third kappa shape index (κ3) is 8.87. The zero-order valence-electron chi connectivity index (χ0n) is 1.48. The van der Waals surface area contributed by atoms with Crippen molar-refractivity contribution in [1.29, 1.82) is 0 Å². The third-order valence-corrected chi connectivity index (χ3v) is 0. The predicted molar refractivity (Wildman–Crippen MR) is 0 cm³/mol. The summed E-state index contributed by atoms with van der Waals surface area (Å²) in [5, 5.41) is 0. The minimum Gasteiger partial charge on any atom is 0 e. The van der Waals surface area contributed by atoms with Gasteiger partial charge in [-0.15, -0.1) is 0 Å². The smallest absolute Gasteiger partial charge is 0 e. The molecule has 0 nitrogen and oxygen atoms in total. The first-order valence-corrected chi connectivity index (χ1v) is 0. The Bertz CT molecular complexity index is 6.00. The van der Waals surface area contributed by atoms with E-state index in [0.717, 1.165) is 0 Å². The monoisotopic (exact) mass is 268 g/mol. The van der Waals surface area contributed by atoms with Gasteiger partial charge in [-0.25, -0.2) is 0 Å². The summed E-state index contributed by atoms with van der Waals surface area (Å²) in [6.07, 6.45) is 0. The minimum atomic E-state index is 0. The molecule has 4 heteroatoms. The molecule has 0 aromatic heterocycles. The third-order valence-electron chi connectivity index (χ3n) is 0. The second-order valence-corrected chi connectivity index (χ2v) is 0. The molecule has 0 amide bonds. The molecular formula is Co2CrMo.